The van der Waals surface area contributed by atoms with Crippen LogP contribution in [0.5, 0.6) is 5.75 Å². The molecule has 6 nitrogen and oxygen atoms in total. The molecule has 0 fully saturated rings. The Balaban J connectivity index is 1.99. The second-order valence-electron chi connectivity index (χ2n) is 6.07. The van der Waals surface area contributed by atoms with Gasteiger partial charge >= 0.3 is 0 Å². The van der Waals surface area contributed by atoms with Crippen LogP contribution in [0.1, 0.15) is 22.8 Å². The summed E-state index contributed by atoms with van der Waals surface area (Å²) in [5.74, 6) is 0.307. The van der Waals surface area contributed by atoms with E-state index >= 15 is 0 Å². The number of benzene rings is 2. The molecule has 0 aliphatic carbocycles. The van der Waals surface area contributed by atoms with Gasteiger partial charge < -0.3 is 10.1 Å². The van der Waals surface area contributed by atoms with Crippen LogP contribution in [-0.2, 0) is 10.0 Å². The predicted molar refractivity (Wildman–Crippen MR) is 104 cm³/mol. The highest BCUT2D eigenvalue weighted by Gasteiger charge is 2.15. The number of aryl methyl sites for hydroxylation is 1. The highest BCUT2D eigenvalue weighted by molar-refractivity contribution is 7.92. The molecule has 26 heavy (non-hydrogen) atoms. The first kappa shape index (κ1) is 20.1. The van der Waals surface area contributed by atoms with Gasteiger partial charge in [-0.3, -0.25) is 9.52 Å². The van der Waals surface area contributed by atoms with Gasteiger partial charge in [0, 0.05) is 5.69 Å². The largest absolute Gasteiger partial charge is 0.491 e. The lowest BCUT2D eigenvalue weighted by atomic mass is 10.2. The summed E-state index contributed by atoms with van der Waals surface area (Å²) in [4.78, 5) is 12.4. The van der Waals surface area contributed by atoms with Crippen molar-refractivity contribution in [3.05, 3.63) is 58.6 Å². The van der Waals surface area contributed by atoms with Crippen LogP contribution in [0.3, 0.4) is 0 Å². The van der Waals surface area contributed by atoms with Crippen LogP contribution in [-0.4, -0.2) is 33.2 Å². The van der Waals surface area contributed by atoms with Crippen LogP contribution in [0.15, 0.2) is 42.5 Å². The summed E-state index contributed by atoms with van der Waals surface area (Å²) in [7, 11) is -3.44. The Morgan fingerprint density at radius 1 is 1.19 bits per heavy atom. The molecule has 0 saturated carbocycles. The second kappa shape index (κ2) is 8.42. The molecule has 1 atom stereocenters. The molecule has 0 aromatic heterocycles. The number of carbonyl (C=O) groups excluding carboxylic acids is 1. The predicted octanol–water partition coefficient (Wildman–Crippen LogP) is 3.22. The number of ether oxygens (including phenoxy) is 1. The van der Waals surface area contributed by atoms with E-state index in [-0.39, 0.29) is 28.9 Å². The molecule has 2 rings (SSSR count). The molecular weight excluding hydrogens is 376 g/mol. The molecule has 0 saturated heterocycles. The number of hydrogen-bond acceptors (Lipinski definition) is 4. The van der Waals surface area contributed by atoms with E-state index in [1.807, 2.05) is 31.2 Å². The average molecular weight is 397 g/mol. The molecule has 8 heteroatoms. The van der Waals surface area contributed by atoms with Crippen molar-refractivity contribution in [1.29, 1.82) is 0 Å². The van der Waals surface area contributed by atoms with E-state index in [1.165, 1.54) is 18.2 Å². The summed E-state index contributed by atoms with van der Waals surface area (Å²) in [6.45, 7) is 4.08. The smallest absolute Gasteiger partial charge is 0.253 e. The minimum Gasteiger partial charge on any atom is -0.491 e. The molecule has 2 aromatic rings. The van der Waals surface area contributed by atoms with Crippen molar-refractivity contribution < 1.29 is 17.9 Å². The number of halogens is 1. The van der Waals surface area contributed by atoms with Crippen molar-refractivity contribution in [1.82, 2.24) is 5.32 Å². The van der Waals surface area contributed by atoms with E-state index in [9.17, 15) is 13.2 Å². The number of anilines is 1. The molecule has 0 radical (unpaired) electrons. The van der Waals surface area contributed by atoms with Crippen molar-refractivity contribution in [2.45, 2.75) is 19.9 Å². The molecule has 0 bridgehead atoms. The quantitative estimate of drug-likeness (QED) is 0.752. The fraction of sp³-hybridized carbons (Fsp3) is 0.278. The summed E-state index contributed by atoms with van der Waals surface area (Å²) in [5.41, 5.74) is 1.59. The third-order valence-corrected chi connectivity index (χ3v) is 4.35. The van der Waals surface area contributed by atoms with E-state index in [0.29, 0.717) is 5.75 Å². The van der Waals surface area contributed by atoms with Gasteiger partial charge in [-0.05, 0) is 44.2 Å². The Hall–Kier alpha value is -2.25. The first-order valence-corrected chi connectivity index (χ1v) is 10.2. The Morgan fingerprint density at radius 3 is 2.46 bits per heavy atom. The van der Waals surface area contributed by atoms with Crippen molar-refractivity contribution >= 4 is 33.2 Å². The van der Waals surface area contributed by atoms with Crippen LogP contribution in [0.2, 0.25) is 5.02 Å². The van der Waals surface area contributed by atoms with E-state index in [4.69, 9.17) is 16.3 Å². The molecule has 0 aliphatic rings. The van der Waals surface area contributed by atoms with Crippen LogP contribution in [0.25, 0.3) is 0 Å². The highest BCUT2D eigenvalue weighted by atomic mass is 35.5. The summed E-state index contributed by atoms with van der Waals surface area (Å²) in [6.07, 6.45) is 1.03. The minimum absolute atomic E-state index is 0.183. The van der Waals surface area contributed by atoms with Crippen LogP contribution in [0.4, 0.5) is 5.69 Å². The zero-order chi connectivity index (χ0) is 19.3. The number of rotatable bonds is 7. The fourth-order valence-corrected chi connectivity index (χ4v) is 2.93. The van der Waals surface area contributed by atoms with Crippen LogP contribution >= 0.6 is 11.6 Å². The first-order chi connectivity index (χ1) is 12.1. The molecule has 2 N–H and O–H groups in total. The Morgan fingerprint density at radius 2 is 1.85 bits per heavy atom. The molecule has 0 heterocycles. The molecule has 2 aromatic carbocycles. The SMILES string of the molecule is Cc1ccc(OC[C@H](C)NC(=O)c2cc(NS(C)(=O)=O)ccc2Cl)cc1. The standard InChI is InChI=1S/C18H21ClN2O4S/c1-12-4-7-15(8-5-12)25-11-13(2)20-18(22)16-10-14(6-9-17(16)19)21-26(3,23)24/h4-10,13,21H,11H2,1-3H3,(H,20,22)/t13-/m0/s1. The zero-order valence-electron chi connectivity index (χ0n) is 14.7. The minimum atomic E-state index is -3.44. The zero-order valence-corrected chi connectivity index (χ0v) is 16.3. The topological polar surface area (TPSA) is 84.5 Å². The molecule has 0 spiro atoms. The number of nitrogens with one attached hydrogen (secondary N) is 2. The molecule has 1 amide bonds. The lowest BCUT2D eigenvalue weighted by molar-refractivity contribution is 0.0927. The summed E-state index contributed by atoms with van der Waals surface area (Å²) in [5, 5.41) is 3.01. The molecule has 0 unspecified atom stereocenters. The maximum atomic E-state index is 12.4. The monoisotopic (exact) mass is 396 g/mol. The third-order valence-electron chi connectivity index (χ3n) is 3.41. The molecule has 0 aliphatic heterocycles. The van der Waals surface area contributed by atoms with Crippen molar-refractivity contribution in [3.63, 3.8) is 0 Å². The van der Waals surface area contributed by atoms with Crippen molar-refractivity contribution in [2.75, 3.05) is 17.6 Å². The fourth-order valence-electron chi connectivity index (χ4n) is 2.18. The van der Waals surface area contributed by atoms with Crippen LogP contribution < -0.4 is 14.8 Å². The van der Waals surface area contributed by atoms with Gasteiger partial charge in [0.05, 0.1) is 22.9 Å². The maximum absolute atomic E-state index is 12.4. The van der Waals surface area contributed by atoms with E-state index in [1.54, 1.807) is 6.92 Å². The van der Waals surface area contributed by atoms with E-state index in [2.05, 4.69) is 10.0 Å². The number of carbonyl (C=O) groups is 1. The van der Waals surface area contributed by atoms with Crippen molar-refractivity contribution in [3.8, 4) is 5.75 Å². The summed E-state index contributed by atoms with van der Waals surface area (Å²) < 4.78 is 30.6. The van der Waals surface area contributed by atoms with Gasteiger partial charge in [0.25, 0.3) is 5.91 Å². The lowest BCUT2D eigenvalue weighted by Crippen LogP contribution is -2.37. The number of sulfonamides is 1. The van der Waals surface area contributed by atoms with Gasteiger partial charge in [-0.2, -0.15) is 0 Å². The lowest BCUT2D eigenvalue weighted by Gasteiger charge is -2.16. The third kappa shape index (κ3) is 6.24. The Labute approximate surface area is 158 Å². The second-order valence-corrected chi connectivity index (χ2v) is 8.22. The maximum Gasteiger partial charge on any atom is 0.253 e. The van der Waals surface area contributed by atoms with Crippen molar-refractivity contribution in [2.24, 2.45) is 0 Å². The van der Waals surface area contributed by atoms with Gasteiger partial charge in [-0.25, -0.2) is 8.42 Å². The van der Waals surface area contributed by atoms with Gasteiger partial charge in [-0.1, -0.05) is 29.3 Å². The highest BCUT2D eigenvalue weighted by Crippen LogP contribution is 2.21. The summed E-state index contributed by atoms with van der Waals surface area (Å²) in [6, 6.07) is 11.7. The van der Waals surface area contributed by atoms with E-state index < -0.39 is 15.9 Å². The Bertz CT molecular complexity index is 883. The number of amides is 1. The molecule has 140 valence electrons. The van der Waals surface area contributed by atoms with Gasteiger partial charge in [0.15, 0.2) is 0 Å². The Kier molecular flexibility index (Phi) is 6.50. The first-order valence-electron chi connectivity index (χ1n) is 7.92. The normalized spacial score (nSPS) is 12.3. The van der Waals surface area contributed by atoms with Gasteiger partial charge in [-0.15, -0.1) is 0 Å². The average Bonchev–Trinajstić information content (AvgIpc) is 2.54. The van der Waals surface area contributed by atoms with E-state index in [0.717, 1.165) is 11.8 Å². The summed E-state index contributed by atoms with van der Waals surface area (Å²) >= 11 is 6.06. The molecular formula is C18H21ClN2O4S. The van der Waals surface area contributed by atoms with Crippen LogP contribution in [0, 0.1) is 6.92 Å². The van der Waals surface area contributed by atoms with Gasteiger partial charge in [0.1, 0.15) is 12.4 Å². The number of hydrogen-bond donors (Lipinski definition) is 2. The van der Waals surface area contributed by atoms with Gasteiger partial charge in [0.2, 0.25) is 10.0 Å².